The second-order valence-corrected chi connectivity index (χ2v) is 9.85. The number of nitrogens with one attached hydrogen (secondary N) is 1. The minimum atomic E-state index is -3.56. The van der Waals surface area contributed by atoms with E-state index < -0.39 is 16.1 Å². The van der Waals surface area contributed by atoms with Crippen LogP contribution in [-0.2, 0) is 26.2 Å². The van der Waals surface area contributed by atoms with Crippen molar-refractivity contribution in [3.05, 3.63) is 59.1 Å². The van der Waals surface area contributed by atoms with E-state index in [0.29, 0.717) is 16.5 Å². The van der Waals surface area contributed by atoms with Gasteiger partial charge in [0.15, 0.2) is 0 Å². The quantitative estimate of drug-likeness (QED) is 0.517. The lowest BCUT2D eigenvalue weighted by atomic mass is 10.1. The lowest BCUT2D eigenvalue weighted by molar-refractivity contribution is -0.140. The van der Waals surface area contributed by atoms with Gasteiger partial charge < -0.3 is 15.0 Å². The molecule has 0 fully saturated rings. The van der Waals surface area contributed by atoms with Crippen LogP contribution in [0, 0.1) is 0 Å². The second kappa shape index (κ2) is 11.9. The topological polar surface area (TPSA) is 96.0 Å². The molecule has 0 aromatic heterocycles. The predicted molar refractivity (Wildman–Crippen MR) is 130 cm³/mol. The maximum atomic E-state index is 13.1. The Morgan fingerprint density at radius 1 is 1.12 bits per heavy atom. The monoisotopic (exact) mass is 495 g/mol. The van der Waals surface area contributed by atoms with Crippen molar-refractivity contribution in [3.8, 4) is 5.75 Å². The van der Waals surface area contributed by atoms with Crippen molar-refractivity contribution in [2.75, 3.05) is 31.3 Å². The summed E-state index contributed by atoms with van der Waals surface area (Å²) in [4.78, 5) is 26.8. The van der Waals surface area contributed by atoms with Crippen LogP contribution in [0.1, 0.15) is 25.3 Å². The van der Waals surface area contributed by atoms with E-state index in [0.717, 1.165) is 11.8 Å². The molecule has 2 amide bonds. The molecule has 0 spiro atoms. The van der Waals surface area contributed by atoms with Gasteiger partial charge >= 0.3 is 0 Å². The van der Waals surface area contributed by atoms with Crippen molar-refractivity contribution in [2.24, 2.45) is 0 Å². The number of hydrogen-bond acceptors (Lipinski definition) is 5. The average molecular weight is 496 g/mol. The van der Waals surface area contributed by atoms with Gasteiger partial charge in [-0.25, -0.2) is 8.42 Å². The number of ether oxygens (including phenoxy) is 1. The van der Waals surface area contributed by atoms with Gasteiger partial charge in [-0.3, -0.25) is 13.9 Å². The SMILES string of the molecule is CNC(=O)[C@H](C)N(Cc1ccccc1Cl)C(=O)CCCN(c1ccc(OC)cc1)S(C)(=O)=O. The van der Waals surface area contributed by atoms with Crippen LogP contribution in [0.4, 0.5) is 5.69 Å². The van der Waals surface area contributed by atoms with Crippen LogP contribution in [-0.4, -0.2) is 58.1 Å². The van der Waals surface area contributed by atoms with Crippen LogP contribution in [0.2, 0.25) is 5.02 Å². The van der Waals surface area contributed by atoms with E-state index in [2.05, 4.69) is 5.32 Å². The van der Waals surface area contributed by atoms with E-state index in [1.54, 1.807) is 49.4 Å². The number of anilines is 1. The molecule has 0 unspecified atom stereocenters. The zero-order valence-corrected chi connectivity index (χ0v) is 20.8. The lowest BCUT2D eigenvalue weighted by Crippen LogP contribution is -2.46. The number of likely N-dealkylation sites (N-methyl/N-ethyl adjacent to an activating group) is 1. The summed E-state index contributed by atoms with van der Waals surface area (Å²) in [5.74, 6) is 0.0429. The Morgan fingerprint density at radius 2 is 1.76 bits per heavy atom. The van der Waals surface area contributed by atoms with E-state index >= 15 is 0 Å². The van der Waals surface area contributed by atoms with Crippen LogP contribution in [0.3, 0.4) is 0 Å². The van der Waals surface area contributed by atoms with Crippen LogP contribution in [0.25, 0.3) is 0 Å². The third-order valence-corrected chi connectivity index (χ3v) is 6.79. The highest BCUT2D eigenvalue weighted by Crippen LogP contribution is 2.23. The average Bonchev–Trinajstić information content (AvgIpc) is 2.79. The van der Waals surface area contributed by atoms with Crippen molar-refractivity contribution >= 4 is 39.1 Å². The van der Waals surface area contributed by atoms with Crippen molar-refractivity contribution in [1.82, 2.24) is 10.2 Å². The van der Waals surface area contributed by atoms with Crippen molar-refractivity contribution in [3.63, 3.8) is 0 Å². The van der Waals surface area contributed by atoms with Crippen molar-refractivity contribution < 1.29 is 22.7 Å². The summed E-state index contributed by atoms with van der Waals surface area (Å²) < 4.78 is 31.1. The number of halogens is 1. The van der Waals surface area contributed by atoms with E-state index in [-0.39, 0.29) is 37.7 Å². The molecule has 0 saturated carbocycles. The Morgan fingerprint density at radius 3 is 2.30 bits per heavy atom. The zero-order chi connectivity index (χ0) is 24.6. The number of sulfonamides is 1. The van der Waals surface area contributed by atoms with Crippen LogP contribution >= 0.6 is 11.6 Å². The van der Waals surface area contributed by atoms with Gasteiger partial charge in [0.1, 0.15) is 11.8 Å². The number of nitrogens with zero attached hydrogens (tertiary/aromatic N) is 2. The molecule has 1 atom stereocenters. The summed E-state index contributed by atoms with van der Waals surface area (Å²) in [7, 11) is -0.517. The van der Waals surface area contributed by atoms with Crippen LogP contribution < -0.4 is 14.4 Å². The zero-order valence-electron chi connectivity index (χ0n) is 19.2. The lowest BCUT2D eigenvalue weighted by Gasteiger charge is -2.29. The van der Waals surface area contributed by atoms with Gasteiger partial charge in [-0.2, -0.15) is 0 Å². The number of methoxy groups -OCH3 is 1. The Kier molecular flexibility index (Phi) is 9.55. The molecule has 0 aliphatic heterocycles. The van der Waals surface area contributed by atoms with Gasteiger partial charge in [0.25, 0.3) is 0 Å². The van der Waals surface area contributed by atoms with E-state index in [9.17, 15) is 18.0 Å². The van der Waals surface area contributed by atoms with Gasteiger partial charge in [0, 0.05) is 31.6 Å². The molecular weight excluding hydrogens is 466 g/mol. The molecule has 33 heavy (non-hydrogen) atoms. The number of rotatable bonds is 11. The summed E-state index contributed by atoms with van der Waals surface area (Å²) >= 11 is 6.26. The van der Waals surface area contributed by atoms with Crippen LogP contribution in [0.15, 0.2) is 48.5 Å². The van der Waals surface area contributed by atoms with Gasteiger partial charge in [-0.15, -0.1) is 0 Å². The van der Waals surface area contributed by atoms with E-state index in [4.69, 9.17) is 16.3 Å². The standard InChI is InChI=1S/C23H30ClN3O5S/c1-17(23(29)25-2)26(16-18-8-5-6-9-21(18)24)22(28)10-7-15-27(33(4,30)31)19-11-13-20(32-3)14-12-19/h5-6,8-9,11-14,17H,7,10,15-16H2,1-4H3,(H,25,29)/t17-/m0/s1. The number of carbonyl (C=O) groups excluding carboxylic acids is 2. The number of hydrogen-bond donors (Lipinski definition) is 1. The normalized spacial score (nSPS) is 12.0. The Bertz CT molecular complexity index is 1060. The highest BCUT2D eigenvalue weighted by molar-refractivity contribution is 7.92. The first kappa shape index (κ1) is 26.5. The second-order valence-electron chi connectivity index (χ2n) is 7.54. The van der Waals surface area contributed by atoms with Gasteiger partial charge in [0.05, 0.1) is 19.1 Å². The number of benzene rings is 2. The molecule has 180 valence electrons. The fraction of sp³-hybridized carbons (Fsp3) is 0.391. The third kappa shape index (κ3) is 7.36. The smallest absolute Gasteiger partial charge is 0.242 e. The molecule has 0 radical (unpaired) electrons. The van der Waals surface area contributed by atoms with Crippen molar-refractivity contribution in [1.29, 1.82) is 0 Å². The molecule has 0 heterocycles. The molecule has 1 N–H and O–H groups in total. The Labute approximate surface area is 200 Å². The Hall–Kier alpha value is -2.78. The number of amides is 2. The first-order chi connectivity index (χ1) is 15.6. The highest BCUT2D eigenvalue weighted by atomic mass is 35.5. The molecule has 2 rings (SSSR count). The summed E-state index contributed by atoms with van der Waals surface area (Å²) in [5.41, 5.74) is 1.21. The molecule has 0 saturated heterocycles. The van der Waals surface area contributed by atoms with Gasteiger partial charge in [-0.1, -0.05) is 29.8 Å². The molecule has 2 aromatic carbocycles. The summed E-state index contributed by atoms with van der Waals surface area (Å²) in [5, 5.41) is 3.06. The first-order valence-electron chi connectivity index (χ1n) is 10.4. The van der Waals surface area contributed by atoms with Crippen molar-refractivity contribution in [2.45, 2.75) is 32.4 Å². The maximum Gasteiger partial charge on any atom is 0.242 e. The molecule has 2 aromatic rings. The number of carbonyl (C=O) groups is 2. The predicted octanol–water partition coefficient (Wildman–Crippen LogP) is 3.06. The molecule has 0 aliphatic carbocycles. The minimum absolute atomic E-state index is 0.0635. The molecule has 10 heteroatoms. The summed E-state index contributed by atoms with van der Waals surface area (Å²) in [6.45, 7) is 1.93. The molecule has 0 aliphatic rings. The van der Waals surface area contributed by atoms with E-state index in [1.807, 2.05) is 6.07 Å². The summed E-state index contributed by atoms with van der Waals surface area (Å²) in [6.07, 6.45) is 1.46. The first-order valence-corrected chi connectivity index (χ1v) is 12.7. The van der Waals surface area contributed by atoms with E-state index in [1.165, 1.54) is 23.4 Å². The minimum Gasteiger partial charge on any atom is -0.497 e. The maximum absolute atomic E-state index is 13.1. The van der Waals surface area contributed by atoms with Crippen LogP contribution in [0.5, 0.6) is 5.75 Å². The van der Waals surface area contributed by atoms with Gasteiger partial charge in [0.2, 0.25) is 21.8 Å². The molecule has 0 bridgehead atoms. The highest BCUT2D eigenvalue weighted by Gasteiger charge is 2.26. The fourth-order valence-corrected chi connectivity index (χ4v) is 4.51. The largest absolute Gasteiger partial charge is 0.497 e. The summed E-state index contributed by atoms with van der Waals surface area (Å²) in [6, 6.07) is 13.1. The van der Waals surface area contributed by atoms with Gasteiger partial charge in [-0.05, 0) is 49.2 Å². The Balaban J connectivity index is 2.14. The fourth-order valence-electron chi connectivity index (χ4n) is 3.35. The molecule has 8 nitrogen and oxygen atoms in total. The third-order valence-electron chi connectivity index (χ3n) is 5.22. The molecular formula is C23H30ClN3O5S.